The van der Waals surface area contributed by atoms with Gasteiger partial charge in [0, 0.05) is 19.1 Å². The molecule has 0 aromatic rings. The summed E-state index contributed by atoms with van der Waals surface area (Å²) in [7, 11) is 0. The maximum absolute atomic E-state index is 11.6. The van der Waals surface area contributed by atoms with Crippen molar-refractivity contribution >= 4 is 11.8 Å². The van der Waals surface area contributed by atoms with Gasteiger partial charge in [-0.1, -0.05) is 19.8 Å². The molecule has 2 aliphatic rings. The first kappa shape index (κ1) is 16.3. The molecule has 120 valence electrons. The number of nitrogens with one attached hydrogen (secondary N) is 2. The molecule has 0 radical (unpaired) electrons. The number of hydrogen-bond donors (Lipinski definition) is 2. The molecule has 21 heavy (non-hydrogen) atoms. The highest BCUT2D eigenvalue weighted by atomic mass is 16.2. The van der Waals surface area contributed by atoms with Crippen LogP contribution in [0.15, 0.2) is 0 Å². The average molecular weight is 295 g/mol. The van der Waals surface area contributed by atoms with Crippen molar-refractivity contribution in [2.24, 2.45) is 5.92 Å². The largest absolute Gasteiger partial charge is 0.348 e. The fraction of sp³-hybridized carbons (Fsp3) is 0.875. The Kier molecular flexibility index (Phi) is 6.49. The van der Waals surface area contributed by atoms with E-state index < -0.39 is 11.8 Å². The topological polar surface area (TPSA) is 61.4 Å². The number of amides is 2. The van der Waals surface area contributed by atoms with Crippen molar-refractivity contribution < 1.29 is 9.59 Å². The minimum absolute atomic E-state index is 0.485. The number of hydrogen-bond acceptors (Lipinski definition) is 3. The molecule has 0 atom stereocenters. The zero-order valence-corrected chi connectivity index (χ0v) is 13.2. The van der Waals surface area contributed by atoms with E-state index >= 15 is 0 Å². The Labute approximate surface area is 127 Å². The van der Waals surface area contributed by atoms with Gasteiger partial charge in [-0.3, -0.25) is 9.59 Å². The Morgan fingerprint density at radius 2 is 1.62 bits per heavy atom. The van der Waals surface area contributed by atoms with Gasteiger partial charge in [-0.15, -0.1) is 0 Å². The molecule has 1 heterocycles. The molecule has 0 aromatic carbocycles. The third-order valence-electron chi connectivity index (χ3n) is 4.78. The standard InChI is InChI=1S/C16H29N3O2/c1-2-9-17-15(20)16(21)18-12-13-7-10-19(11-8-13)14-5-3-4-6-14/h13-14H,2-12H2,1H3,(H,17,20)(H,18,21). The lowest BCUT2D eigenvalue weighted by atomic mass is 9.95. The van der Waals surface area contributed by atoms with Crippen LogP contribution >= 0.6 is 0 Å². The Morgan fingerprint density at radius 1 is 1.00 bits per heavy atom. The van der Waals surface area contributed by atoms with Crippen molar-refractivity contribution in [2.75, 3.05) is 26.2 Å². The van der Waals surface area contributed by atoms with E-state index in [1.807, 2.05) is 6.92 Å². The third kappa shape index (κ3) is 4.99. The molecule has 0 spiro atoms. The Morgan fingerprint density at radius 3 is 2.24 bits per heavy atom. The van der Waals surface area contributed by atoms with Gasteiger partial charge >= 0.3 is 11.8 Å². The molecule has 1 aliphatic heterocycles. The molecule has 1 aliphatic carbocycles. The van der Waals surface area contributed by atoms with Crippen LogP contribution < -0.4 is 10.6 Å². The Bertz CT molecular complexity index is 345. The van der Waals surface area contributed by atoms with Crippen molar-refractivity contribution in [3.63, 3.8) is 0 Å². The van der Waals surface area contributed by atoms with E-state index in [9.17, 15) is 9.59 Å². The quantitative estimate of drug-likeness (QED) is 0.751. The maximum atomic E-state index is 11.6. The van der Waals surface area contributed by atoms with Crippen molar-refractivity contribution in [3.8, 4) is 0 Å². The molecular weight excluding hydrogens is 266 g/mol. The average Bonchev–Trinajstić information content (AvgIpc) is 3.05. The molecule has 1 saturated carbocycles. The van der Waals surface area contributed by atoms with E-state index in [1.165, 1.54) is 25.7 Å². The SMILES string of the molecule is CCCNC(=O)C(=O)NCC1CCN(C2CCCC2)CC1. The van der Waals surface area contributed by atoms with Gasteiger partial charge in [0.15, 0.2) is 0 Å². The van der Waals surface area contributed by atoms with E-state index in [4.69, 9.17) is 0 Å². The predicted octanol–water partition coefficient (Wildman–Crippen LogP) is 1.28. The summed E-state index contributed by atoms with van der Waals surface area (Å²) in [6, 6.07) is 0.806. The summed E-state index contributed by atoms with van der Waals surface area (Å²) < 4.78 is 0. The fourth-order valence-electron chi connectivity index (χ4n) is 3.43. The number of likely N-dealkylation sites (tertiary alicyclic amines) is 1. The second-order valence-corrected chi connectivity index (χ2v) is 6.38. The predicted molar refractivity (Wildman–Crippen MR) is 82.9 cm³/mol. The minimum Gasteiger partial charge on any atom is -0.348 e. The van der Waals surface area contributed by atoms with Crippen LogP contribution in [-0.2, 0) is 9.59 Å². The van der Waals surface area contributed by atoms with Crippen molar-refractivity contribution in [2.45, 2.75) is 57.9 Å². The first-order valence-corrected chi connectivity index (χ1v) is 8.50. The van der Waals surface area contributed by atoms with Crippen molar-refractivity contribution in [1.29, 1.82) is 0 Å². The molecule has 5 heteroatoms. The van der Waals surface area contributed by atoms with Crippen LogP contribution in [0.3, 0.4) is 0 Å². The Balaban J connectivity index is 1.62. The summed E-state index contributed by atoms with van der Waals surface area (Å²) in [6.07, 6.45) is 8.60. The molecule has 0 bridgehead atoms. The second kappa shape index (κ2) is 8.37. The smallest absolute Gasteiger partial charge is 0.309 e. The molecule has 2 fully saturated rings. The fourth-order valence-corrected chi connectivity index (χ4v) is 3.43. The molecule has 2 rings (SSSR count). The summed E-state index contributed by atoms with van der Waals surface area (Å²) in [5.74, 6) is -0.465. The van der Waals surface area contributed by atoms with Crippen LogP contribution in [0, 0.1) is 5.92 Å². The van der Waals surface area contributed by atoms with Gasteiger partial charge in [0.1, 0.15) is 0 Å². The van der Waals surface area contributed by atoms with Gasteiger partial charge in [0.05, 0.1) is 0 Å². The van der Waals surface area contributed by atoms with Gasteiger partial charge < -0.3 is 15.5 Å². The van der Waals surface area contributed by atoms with Crippen LogP contribution in [0.4, 0.5) is 0 Å². The maximum Gasteiger partial charge on any atom is 0.309 e. The van der Waals surface area contributed by atoms with E-state index in [-0.39, 0.29) is 0 Å². The third-order valence-corrected chi connectivity index (χ3v) is 4.78. The number of piperidine rings is 1. The first-order valence-electron chi connectivity index (χ1n) is 8.50. The van der Waals surface area contributed by atoms with E-state index in [1.54, 1.807) is 0 Å². The lowest BCUT2D eigenvalue weighted by molar-refractivity contribution is -0.139. The lowest BCUT2D eigenvalue weighted by Crippen LogP contribution is -2.45. The van der Waals surface area contributed by atoms with Gasteiger partial charge in [0.2, 0.25) is 0 Å². The molecule has 1 saturated heterocycles. The molecule has 2 amide bonds. The van der Waals surface area contributed by atoms with E-state index in [0.29, 0.717) is 19.0 Å². The van der Waals surface area contributed by atoms with Crippen LogP contribution in [0.5, 0.6) is 0 Å². The monoisotopic (exact) mass is 295 g/mol. The number of carbonyl (C=O) groups is 2. The first-order chi connectivity index (χ1) is 10.2. The number of nitrogens with zero attached hydrogens (tertiary/aromatic N) is 1. The minimum atomic E-state index is -0.500. The van der Waals surface area contributed by atoms with Crippen LogP contribution in [0.25, 0.3) is 0 Å². The van der Waals surface area contributed by atoms with Gasteiger partial charge in [0.25, 0.3) is 0 Å². The van der Waals surface area contributed by atoms with Gasteiger partial charge in [-0.05, 0) is 51.1 Å². The molecular formula is C16H29N3O2. The highest BCUT2D eigenvalue weighted by molar-refractivity contribution is 6.35. The summed E-state index contributed by atoms with van der Waals surface area (Å²) in [5, 5.41) is 5.38. The van der Waals surface area contributed by atoms with Crippen LogP contribution in [-0.4, -0.2) is 48.9 Å². The highest BCUT2D eigenvalue weighted by Gasteiger charge is 2.27. The highest BCUT2D eigenvalue weighted by Crippen LogP contribution is 2.27. The van der Waals surface area contributed by atoms with Crippen molar-refractivity contribution in [3.05, 3.63) is 0 Å². The summed E-state index contributed by atoms with van der Waals surface area (Å²) >= 11 is 0. The van der Waals surface area contributed by atoms with Gasteiger partial charge in [-0.25, -0.2) is 0 Å². The lowest BCUT2D eigenvalue weighted by Gasteiger charge is -2.36. The molecule has 0 unspecified atom stereocenters. The zero-order chi connectivity index (χ0) is 15.1. The normalized spacial score (nSPS) is 21.4. The number of carbonyl (C=O) groups excluding carboxylic acids is 2. The number of rotatable bonds is 5. The Hall–Kier alpha value is -1.10. The summed E-state index contributed by atoms with van der Waals surface area (Å²) in [5.41, 5.74) is 0. The summed E-state index contributed by atoms with van der Waals surface area (Å²) in [6.45, 7) is 5.46. The van der Waals surface area contributed by atoms with E-state index in [2.05, 4.69) is 15.5 Å². The molecule has 0 aromatic heterocycles. The van der Waals surface area contributed by atoms with E-state index in [0.717, 1.165) is 38.4 Å². The molecule has 5 nitrogen and oxygen atoms in total. The van der Waals surface area contributed by atoms with Crippen molar-refractivity contribution in [1.82, 2.24) is 15.5 Å². The second-order valence-electron chi connectivity index (χ2n) is 6.38. The summed E-state index contributed by atoms with van der Waals surface area (Å²) in [4.78, 5) is 25.7. The van der Waals surface area contributed by atoms with Crippen LogP contribution in [0.1, 0.15) is 51.9 Å². The zero-order valence-electron chi connectivity index (χ0n) is 13.2. The van der Waals surface area contributed by atoms with Gasteiger partial charge in [-0.2, -0.15) is 0 Å². The van der Waals surface area contributed by atoms with Crippen LogP contribution in [0.2, 0.25) is 0 Å². The molecule has 2 N–H and O–H groups in total.